The molecule has 0 radical (unpaired) electrons. The minimum Gasteiger partial charge on any atom is -0.342 e. The molecule has 33 heavy (non-hydrogen) atoms. The van der Waals surface area contributed by atoms with E-state index < -0.39 is 0 Å². The smallest absolute Gasteiger partial charge is 0.322 e. The molecule has 0 saturated carbocycles. The Morgan fingerprint density at radius 3 is 2.82 bits per heavy atom. The summed E-state index contributed by atoms with van der Waals surface area (Å²) in [5, 5.41) is 6.12. The third kappa shape index (κ3) is 4.51. The van der Waals surface area contributed by atoms with Crippen LogP contribution in [0.4, 0.5) is 15.3 Å². The van der Waals surface area contributed by atoms with Crippen LogP contribution in [0.5, 0.6) is 0 Å². The Balaban J connectivity index is 1.13. The van der Waals surface area contributed by atoms with Gasteiger partial charge in [0.05, 0.1) is 11.0 Å². The molecule has 4 amide bonds. The molecule has 3 N–H and O–H groups in total. The number of piperidine rings is 1. The maximum atomic E-state index is 12.8. The summed E-state index contributed by atoms with van der Waals surface area (Å²) in [6.45, 7) is 5.89. The number of aromatic nitrogens is 2. The monoisotopic (exact) mass is 446 g/mol. The topological polar surface area (TPSA) is 93.4 Å². The predicted molar refractivity (Wildman–Crippen MR) is 128 cm³/mol. The molecule has 2 aliphatic heterocycles. The highest BCUT2D eigenvalue weighted by Gasteiger charge is 2.32. The number of amides is 4. The van der Waals surface area contributed by atoms with E-state index in [-0.39, 0.29) is 24.1 Å². The summed E-state index contributed by atoms with van der Waals surface area (Å²) in [5.74, 6) is 0.901. The fourth-order valence-corrected chi connectivity index (χ4v) is 4.91. The second-order valence-corrected chi connectivity index (χ2v) is 9.16. The lowest BCUT2D eigenvalue weighted by Crippen LogP contribution is -2.53. The molecule has 172 valence electrons. The highest BCUT2D eigenvalue weighted by molar-refractivity contribution is 5.92. The number of nitrogens with zero attached hydrogens (tertiary/aromatic N) is 3. The van der Waals surface area contributed by atoms with E-state index in [2.05, 4.69) is 38.8 Å². The zero-order valence-electron chi connectivity index (χ0n) is 19.1. The molecule has 2 aromatic carbocycles. The number of benzene rings is 2. The first-order chi connectivity index (χ1) is 16.0. The quantitative estimate of drug-likeness (QED) is 0.565. The average molecular weight is 447 g/mol. The van der Waals surface area contributed by atoms with Crippen molar-refractivity contribution in [2.24, 2.45) is 0 Å². The Labute approximate surface area is 193 Å². The van der Waals surface area contributed by atoms with Gasteiger partial charge in [-0.05, 0) is 62.4 Å². The van der Waals surface area contributed by atoms with Crippen LogP contribution < -0.4 is 10.6 Å². The number of aryl methyl sites for hydroxylation is 1. The summed E-state index contributed by atoms with van der Waals surface area (Å²) < 4.78 is 0. The number of likely N-dealkylation sites (tertiary alicyclic amines) is 1. The number of nitrogens with one attached hydrogen (secondary N) is 3. The summed E-state index contributed by atoms with van der Waals surface area (Å²) >= 11 is 0. The predicted octanol–water partition coefficient (Wildman–Crippen LogP) is 4.02. The number of hydrogen-bond donors (Lipinski definition) is 3. The molecule has 0 bridgehead atoms. The fraction of sp³-hybridized carbons (Fsp3) is 0.400. The van der Waals surface area contributed by atoms with E-state index in [0.29, 0.717) is 19.6 Å². The van der Waals surface area contributed by atoms with E-state index in [1.54, 1.807) is 0 Å². The number of para-hydroxylation sites is 1. The first-order valence-corrected chi connectivity index (χ1v) is 11.6. The number of carbonyl (C=O) groups excluding carboxylic acids is 2. The van der Waals surface area contributed by atoms with Gasteiger partial charge in [-0.3, -0.25) is 0 Å². The summed E-state index contributed by atoms with van der Waals surface area (Å²) in [4.78, 5) is 36.9. The molecule has 8 heteroatoms. The van der Waals surface area contributed by atoms with E-state index in [4.69, 9.17) is 0 Å². The molecule has 8 nitrogen and oxygen atoms in total. The van der Waals surface area contributed by atoms with Gasteiger partial charge in [0.25, 0.3) is 0 Å². The van der Waals surface area contributed by atoms with Crippen LogP contribution in [-0.2, 0) is 13.0 Å². The van der Waals surface area contributed by atoms with Crippen molar-refractivity contribution in [2.75, 3.05) is 18.4 Å². The van der Waals surface area contributed by atoms with Gasteiger partial charge in [-0.25, -0.2) is 14.6 Å². The molecule has 1 aromatic heterocycles. The van der Waals surface area contributed by atoms with Crippen molar-refractivity contribution < 1.29 is 9.59 Å². The first-order valence-electron chi connectivity index (χ1n) is 11.6. The largest absolute Gasteiger partial charge is 0.342 e. The minimum atomic E-state index is -0.0469. The van der Waals surface area contributed by atoms with Crippen molar-refractivity contribution in [3.63, 3.8) is 0 Å². The summed E-state index contributed by atoms with van der Waals surface area (Å²) in [5.41, 5.74) is 5.16. The molecule has 1 saturated heterocycles. The number of anilines is 1. The number of fused-ring (bicyclic) bond motifs is 2. The van der Waals surface area contributed by atoms with E-state index in [0.717, 1.165) is 52.9 Å². The Hall–Kier alpha value is -3.55. The summed E-state index contributed by atoms with van der Waals surface area (Å²) in [6.07, 6.45) is 2.32. The molecule has 0 aliphatic carbocycles. The van der Waals surface area contributed by atoms with Gasteiger partial charge in [0.1, 0.15) is 5.82 Å². The average Bonchev–Trinajstić information content (AvgIpc) is 3.18. The van der Waals surface area contributed by atoms with Crippen LogP contribution in [0.1, 0.15) is 36.7 Å². The normalized spacial score (nSPS) is 17.6. The van der Waals surface area contributed by atoms with Gasteiger partial charge < -0.3 is 25.4 Å². The second-order valence-electron chi connectivity index (χ2n) is 9.16. The van der Waals surface area contributed by atoms with E-state index in [1.807, 2.05) is 47.9 Å². The van der Waals surface area contributed by atoms with Crippen LogP contribution in [0.15, 0.2) is 42.5 Å². The van der Waals surface area contributed by atoms with Crippen LogP contribution in [0.25, 0.3) is 11.0 Å². The molecular formula is C25H30N6O2. The van der Waals surface area contributed by atoms with Gasteiger partial charge in [0, 0.05) is 37.4 Å². The Morgan fingerprint density at radius 2 is 2.00 bits per heavy atom. The number of urea groups is 2. The molecule has 0 spiro atoms. The Kier molecular flexibility index (Phi) is 5.66. The van der Waals surface area contributed by atoms with Crippen LogP contribution in [0, 0.1) is 6.92 Å². The van der Waals surface area contributed by atoms with Crippen LogP contribution >= 0.6 is 0 Å². The second kappa shape index (κ2) is 8.77. The van der Waals surface area contributed by atoms with Gasteiger partial charge in [-0.1, -0.05) is 24.3 Å². The molecular weight excluding hydrogens is 416 g/mol. The van der Waals surface area contributed by atoms with Crippen molar-refractivity contribution in [3.8, 4) is 0 Å². The highest BCUT2D eigenvalue weighted by atomic mass is 16.2. The van der Waals surface area contributed by atoms with Crippen molar-refractivity contribution in [1.82, 2.24) is 25.1 Å². The lowest BCUT2D eigenvalue weighted by atomic mass is 10.0. The standard InChI is InChI=1S/C25H30N6O2/c1-16(13-18-7-8-22-23(14-18)28-17(2)27-22)26-24(32)30-11-9-20(10-12-30)31-15-19-5-3-4-6-21(19)29-25(31)33/h3-8,14,16,20H,9-13,15H2,1-2H3,(H,26,32)(H,27,28)(H,29,33). The van der Waals surface area contributed by atoms with Crippen LogP contribution in [0.3, 0.4) is 0 Å². The first kappa shape index (κ1) is 21.3. The van der Waals surface area contributed by atoms with Crippen molar-refractivity contribution in [3.05, 3.63) is 59.4 Å². The molecule has 1 unspecified atom stereocenters. The molecule has 3 aromatic rings. The minimum absolute atomic E-state index is 0.0112. The summed E-state index contributed by atoms with van der Waals surface area (Å²) in [7, 11) is 0. The van der Waals surface area contributed by atoms with Gasteiger partial charge in [-0.15, -0.1) is 0 Å². The van der Waals surface area contributed by atoms with Gasteiger partial charge in [-0.2, -0.15) is 0 Å². The van der Waals surface area contributed by atoms with Crippen molar-refractivity contribution in [2.45, 2.75) is 51.7 Å². The van der Waals surface area contributed by atoms with Gasteiger partial charge in [0.2, 0.25) is 0 Å². The Morgan fingerprint density at radius 1 is 1.21 bits per heavy atom. The zero-order chi connectivity index (χ0) is 22.9. The molecule has 2 aliphatic rings. The van der Waals surface area contributed by atoms with E-state index in [1.165, 1.54) is 0 Å². The van der Waals surface area contributed by atoms with E-state index in [9.17, 15) is 9.59 Å². The zero-order valence-corrected chi connectivity index (χ0v) is 19.1. The third-order valence-electron chi connectivity index (χ3n) is 6.63. The lowest BCUT2D eigenvalue weighted by Gasteiger charge is -2.40. The number of aromatic amines is 1. The third-order valence-corrected chi connectivity index (χ3v) is 6.63. The fourth-order valence-electron chi connectivity index (χ4n) is 4.91. The summed E-state index contributed by atoms with van der Waals surface area (Å²) in [6, 6.07) is 14.2. The maximum absolute atomic E-state index is 12.8. The molecule has 3 heterocycles. The van der Waals surface area contributed by atoms with Crippen molar-refractivity contribution >= 4 is 28.8 Å². The lowest BCUT2D eigenvalue weighted by molar-refractivity contribution is 0.127. The number of rotatable bonds is 4. The van der Waals surface area contributed by atoms with Crippen molar-refractivity contribution in [1.29, 1.82) is 0 Å². The Bertz CT molecular complexity index is 1180. The van der Waals surface area contributed by atoms with Crippen LogP contribution in [-0.4, -0.2) is 57.0 Å². The number of carbonyl (C=O) groups is 2. The van der Waals surface area contributed by atoms with Gasteiger partial charge in [0.15, 0.2) is 0 Å². The number of H-pyrrole nitrogens is 1. The van der Waals surface area contributed by atoms with Crippen LogP contribution in [0.2, 0.25) is 0 Å². The SMILES string of the molecule is Cc1nc2cc(CC(C)NC(=O)N3CCC(N4Cc5ccccc5NC4=O)CC3)ccc2[nH]1. The van der Waals surface area contributed by atoms with E-state index >= 15 is 0 Å². The highest BCUT2D eigenvalue weighted by Crippen LogP contribution is 2.27. The number of imidazole rings is 1. The number of hydrogen-bond acceptors (Lipinski definition) is 3. The maximum Gasteiger partial charge on any atom is 0.322 e. The molecule has 1 atom stereocenters. The van der Waals surface area contributed by atoms with Gasteiger partial charge >= 0.3 is 12.1 Å². The molecule has 5 rings (SSSR count). The molecule has 1 fully saturated rings.